The molecule has 1 N–H and O–H groups in total. The fourth-order valence-corrected chi connectivity index (χ4v) is 5.02. The van der Waals surface area contributed by atoms with Crippen molar-refractivity contribution in [1.82, 2.24) is 13.9 Å². The van der Waals surface area contributed by atoms with Gasteiger partial charge in [0.05, 0.1) is 0 Å². The van der Waals surface area contributed by atoms with Crippen LogP contribution in [0.15, 0.2) is 17.5 Å². The molecule has 1 unspecified atom stereocenters. The molecule has 1 aromatic heterocycles. The summed E-state index contributed by atoms with van der Waals surface area (Å²) in [6, 6.07) is 3.99. The summed E-state index contributed by atoms with van der Waals surface area (Å²) in [5.41, 5.74) is 0. The summed E-state index contributed by atoms with van der Waals surface area (Å²) >= 11 is 1.59. The zero-order valence-corrected chi connectivity index (χ0v) is 13.7. The molecule has 1 saturated heterocycles. The first kappa shape index (κ1) is 15.9. The molecule has 0 amide bonds. The first-order chi connectivity index (χ1) is 9.55. The van der Waals surface area contributed by atoms with Crippen LogP contribution in [0, 0.1) is 0 Å². The van der Waals surface area contributed by atoms with E-state index in [2.05, 4.69) is 5.32 Å². The second-order valence-electron chi connectivity index (χ2n) is 5.16. The molecule has 0 saturated carbocycles. The lowest BCUT2D eigenvalue weighted by atomic mass is 10.1. The largest absolute Gasteiger partial charge is 0.318 e. The minimum atomic E-state index is -3.38. The molecule has 1 aliphatic heterocycles. The third-order valence-electron chi connectivity index (χ3n) is 3.66. The van der Waals surface area contributed by atoms with Crippen LogP contribution in [0.2, 0.25) is 0 Å². The minimum absolute atomic E-state index is 0.0736. The molecule has 2 heterocycles. The summed E-state index contributed by atoms with van der Waals surface area (Å²) < 4.78 is 28.6. The maximum atomic E-state index is 12.7. The van der Waals surface area contributed by atoms with E-state index in [9.17, 15) is 8.42 Å². The lowest BCUT2D eigenvalue weighted by molar-refractivity contribution is 0.232. The van der Waals surface area contributed by atoms with Crippen LogP contribution in [-0.2, 0) is 16.8 Å². The molecule has 1 aliphatic rings. The number of nitrogens with one attached hydrogen (secondary N) is 1. The molecule has 5 nitrogen and oxygen atoms in total. The highest BCUT2D eigenvalue weighted by Crippen LogP contribution is 2.23. The Kier molecular flexibility index (Phi) is 5.57. The number of thiophene rings is 1. The molecule has 0 aliphatic carbocycles. The summed E-state index contributed by atoms with van der Waals surface area (Å²) in [6.45, 7) is 1.79. The van der Waals surface area contributed by atoms with Gasteiger partial charge in [-0.15, -0.1) is 11.3 Å². The van der Waals surface area contributed by atoms with Crippen molar-refractivity contribution in [3.63, 3.8) is 0 Å². The Morgan fingerprint density at radius 1 is 1.50 bits per heavy atom. The fraction of sp³-hybridized carbons (Fsp3) is 0.692. The quantitative estimate of drug-likeness (QED) is 0.865. The molecule has 114 valence electrons. The zero-order valence-electron chi connectivity index (χ0n) is 12.1. The van der Waals surface area contributed by atoms with Crippen molar-refractivity contribution in [3.05, 3.63) is 22.4 Å². The van der Waals surface area contributed by atoms with Crippen LogP contribution in [0.25, 0.3) is 0 Å². The van der Waals surface area contributed by atoms with Crippen LogP contribution < -0.4 is 5.32 Å². The van der Waals surface area contributed by atoms with Gasteiger partial charge in [0.2, 0.25) is 0 Å². The van der Waals surface area contributed by atoms with Crippen molar-refractivity contribution in [2.75, 3.05) is 27.2 Å². The number of rotatable bonds is 6. The van der Waals surface area contributed by atoms with Crippen molar-refractivity contribution in [1.29, 1.82) is 0 Å². The molecule has 0 aromatic carbocycles. The van der Waals surface area contributed by atoms with Crippen molar-refractivity contribution in [2.24, 2.45) is 0 Å². The lowest BCUT2D eigenvalue weighted by Crippen LogP contribution is -2.52. The van der Waals surface area contributed by atoms with E-state index in [-0.39, 0.29) is 6.04 Å². The standard InChI is InChI=1S/C13H23N3O2S2/c1-14-10-12-6-3-4-8-16(12)20(17,18)15(2)11-13-7-5-9-19-13/h5,7,9,12,14H,3-4,6,8,10-11H2,1-2H3. The highest BCUT2D eigenvalue weighted by molar-refractivity contribution is 7.86. The molecule has 0 radical (unpaired) electrons. The summed E-state index contributed by atoms with van der Waals surface area (Å²) in [4.78, 5) is 1.07. The van der Waals surface area contributed by atoms with Crippen molar-refractivity contribution < 1.29 is 8.42 Å². The molecule has 7 heteroatoms. The van der Waals surface area contributed by atoms with Crippen molar-refractivity contribution >= 4 is 21.5 Å². The monoisotopic (exact) mass is 317 g/mol. The van der Waals surface area contributed by atoms with Crippen LogP contribution in [0.5, 0.6) is 0 Å². The van der Waals surface area contributed by atoms with E-state index in [4.69, 9.17) is 0 Å². The number of nitrogens with zero attached hydrogens (tertiary/aromatic N) is 2. The Labute approximate surface area is 125 Å². The van der Waals surface area contributed by atoms with E-state index < -0.39 is 10.2 Å². The maximum Gasteiger partial charge on any atom is 0.282 e. The number of hydrogen-bond donors (Lipinski definition) is 1. The average molecular weight is 317 g/mol. The van der Waals surface area contributed by atoms with Gasteiger partial charge in [0.25, 0.3) is 10.2 Å². The van der Waals surface area contributed by atoms with Gasteiger partial charge in [-0.1, -0.05) is 12.5 Å². The van der Waals surface area contributed by atoms with Gasteiger partial charge in [-0.3, -0.25) is 0 Å². The van der Waals surface area contributed by atoms with Gasteiger partial charge in [0.1, 0.15) is 0 Å². The van der Waals surface area contributed by atoms with E-state index >= 15 is 0 Å². The maximum absolute atomic E-state index is 12.7. The summed E-state index contributed by atoms with van der Waals surface area (Å²) in [5.74, 6) is 0. The van der Waals surface area contributed by atoms with Gasteiger partial charge in [0.15, 0.2) is 0 Å². The Morgan fingerprint density at radius 2 is 2.30 bits per heavy atom. The topological polar surface area (TPSA) is 52.7 Å². The fourth-order valence-electron chi connectivity index (χ4n) is 2.60. The molecule has 1 aromatic rings. The molecule has 0 bridgehead atoms. The molecule has 1 fully saturated rings. The number of likely N-dealkylation sites (N-methyl/N-ethyl adjacent to an activating group) is 1. The zero-order chi connectivity index (χ0) is 14.6. The van der Waals surface area contributed by atoms with Crippen molar-refractivity contribution in [2.45, 2.75) is 31.8 Å². The predicted molar refractivity (Wildman–Crippen MR) is 83.0 cm³/mol. The summed E-state index contributed by atoms with van der Waals surface area (Å²) in [5, 5.41) is 5.07. The van der Waals surface area contributed by atoms with E-state index in [1.165, 1.54) is 4.31 Å². The highest BCUT2D eigenvalue weighted by atomic mass is 32.2. The highest BCUT2D eigenvalue weighted by Gasteiger charge is 2.34. The normalized spacial score (nSPS) is 21.4. The van der Waals surface area contributed by atoms with Gasteiger partial charge >= 0.3 is 0 Å². The van der Waals surface area contributed by atoms with Gasteiger partial charge < -0.3 is 5.32 Å². The third kappa shape index (κ3) is 3.59. The van der Waals surface area contributed by atoms with Gasteiger partial charge in [-0.2, -0.15) is 17.0 Å². The first-order valence-corrected chi connectivity index (χ1v) is 9.23. The van der Waals surface area contributed by atoms with Crippen molar-refractivity contribution in [3.8, 4) is 0 Å². The first-order valence-electron chi connectivity index (χ1n) is 6.96. The molecule has 2 rings (SSSR count). The summed E-state index contributed by atoms with van der Waals surface area (Å²) in [7, 11) is 0.160. The van der Waals surface area contributed by atoms with Crippen LogP contribution in [0.4, 0.5) is 0 Å². The number of hydrogen-bond acceptors (Lipinski definition) is 4. The second kappa shape index (κ2) is 7.00. The minimum Gasteiger partial charge on any atom is -0.318 e. The SMILES string of the molecule is CNCC1CCCCN1S(=O)(=O)N(C)Cc1cccs1. The lowest BCUT2D eigenvalue weighted by Gasteiger charge is -2.36. The average Bonchev–Trinajstić information content (AvgIpc) is 2.92. The molecular formula is C13H23N3O2S2. The van der Waals surface area contributed by atoms with Crippen LogP contribution in [0.3, 0.4) is 0 Å². The van der Waals surface area contributed by atoms with Gasteiger partial charge in [-0.25, -0.2) is 0 Å². The van der Waals surface area contributed by atoms with Gasteiger partial charge in [-0.05, 0) is 31.3 Å². The van der Waals surface area contributed by atoms with E-state index in [0.29, 0.717) is 19.6 Å². The molecule has 1 atom stereocenters. The predicted octanol–water partition coefficient (Wildman–Crippen LogP) is 1.50. The Hall–Kier alpha value is -0.470. The van der Waals surface area contributed by atoms with E-state index in [1.807, 2.05) is 24.6 Å². The molecule has 20 heavy (non-hydrogen) atoms. The van der Waals surface area contributed by atoms with Crippen LogP contribution in [0.1, 0.15) is 24.1 Å². The third-order valence-corrected chi connectivity index (χ3v) is 6.51. The Balaban J connectivity index is 2.10. The van der Waals surface area contributed by atoms with Crippen LogP contribution >= 0.6 is 11.3 Å². The molecular weight excluding hydrogens is 294 g/mol. The van der Waals surface area contributed by atoms with Crippen LogP contribution in [-0.4, -0.2) is 50.3 Å². The Morgan fingerprint density at radius 3 is 2.95 bits per heavy atom. The summed E-state index contributed by atoms with van der Waals surface area (Å²) in [6.07, 6.45) is 2.99. The second-order valence-corrected chi connectivity index (χ2v) is 8.18. The van der Waals surface area contributed by atoms with E-state index in [0.717, 1.165) is 24.1 Å². The number of piperidine rings is 1. The Bertz CT molecular complexity index is 500. The smallest absolute Gasteiger partial charge is 0.282 e. The van der Waals surface area contributed by atoms with Gasteiger partial charge in [0, 0.05) is 37.6 Å². The molecule has 0 spiro atoms. The van der Waals surface area contributed by atoms with E-state index in [1.54, 1.807) is 22.7 Å².